The Morgan fingerprint density at radius 2 is 1.87 bits per heavy atom. The van der Waals surface area contributed by atoms with Crippen LogP contribution in [0.15, 0.2) is 36.5 Å². The van der Waals surface area contributed by atoms with Gasteiger partial charge in [0.2, 0.25) is 0 Å². The van der Waals surface area contributed by atoms with Crippen molar-refractivity contribution in [3.05, 3.63) is 42.1 Å². The first-order valence-corrected chi connectivity index (χ1v) is 11.8. The highest BCUT2D eigenvalue weighted by molar-refractivity contribution is 5.83. The number of fused-ring (bicyclic) bond motifs is 1. The van der Waals surface area contributed by atoms with Gasteiger partial charge in [-0.3, -0.25) is 0 Å². The number of benzene rings is 1. The van der Waals surface area contributed by atoms with E-state index in [9.17, 15) is 0 Å². The van der Waals surface area contributed by atoms with Crippen LogP contribution in [0.3, 0.4) is 0 Å². The van der Waals surface area contributed by atoms with Crippen LogP contribution in [0.5, 0.6) is 0 Å². The summed E-state index contributed by atoms with van der Waals surface area (Å²) in [5.74, 6) is 2.93. The average Bonchev–Trinajstić information content (AvgIpc) is 3.10. The summed E-state index contributed by atoms with van der Waals surface area (Å²) in [4.78, 5) is 14.7. The van der Waals surface area contributed by atoms with E-state index in [-0.39, 0.29) is 0 Å². The van der Waals surface area contributed by atoms with E-state index >= 15 is 0 Å². The highest BCUT2D eigenvalue weighted by Crippen LogP contribution is 2.27. The van der Waals surface area contributed by atoms with Crippen LogP contribution in [-0.4, -0.2) is 52.2 Å². The summed E-state index contributed by atoms with van der Waals surface area (Å²) in [7, 11) is 4.32. The summed E-state index contributed by atoms with van der Waals surface area (Å²) in [6, 6.07) is 11.1. The summed E-state index contributed by atoms with van der Waals surface area (Å²) in [6.45, 7) is 10.2. The molecular formula is C26H37N5. The molecule has 5 heteroatoms. The van der Waals surface area contributed by atoms with Gasteiger partial charge in [-0.2, -0.15) is 0 Å². The van der Waals surface area contributed by atoms with Crippen molar-refractivity contribution in [2.45, 2.75) is 52.5 Å². The minimum atomic E-state index is 0.439. The summed E-state index contributed by atoms with van der Waals surface area (Å²) < 4.78 is 2.17. The molecule has 1 aromatic carbocycles. The van der Waals surface area contributed by atoms with Crippen molar-refractivity contribution < 1.29 is 0 Å². The molecule has 5 nitrogen and oxygen atoms in total. The second kappa shape index (κ2) is 9.39. The van der Waals surface area contributed by atoms with Crippen molar-refractivity contribution in [1.82, 2.24) is 19.4 Å². The van der Waals surface area contributed by atoms with Crippen LogP contribution >= 0.6 is 0 Å². The van der Waals surface area contributed by atoms with Crippen molar-refractivity contribution in [2.75, 3.05) is 31.6 Å². The van der Waals surface area contributed by atoms with Gasteiger partial charge >= 0.3 is 0 Å². The lowest BCUT2D eigenvalue weighted by Gasteiger charge is -2.31. The van der Waals surface area contributed by atoms with E-state index in [1.54, 1.807) is 0 Å². The highest BCUT2D eigenvalue weighted by Gasteiger charge is 2.18. The molecule has 0 saturated carbocycles. The van der Waals surface area contributed by atoms with Gasteiger partial charge in [0.1, 0.15) is 11.6 Å². The van der Waals surface area contributed by atoms with Gasteiger partial charge in [-0.25, -0.2) is 9.97 Å². The molecule has 4 rings (SSSR count). The van der Waals surface area contributed by atoms with Crippen LogP contribution in [0.25, 0.3) is 22.4 Å². The van der Waals surface area contributed by atoms with E-state index in [1.807, 2.05) is 6.20 Å². The van der Waals surface area contributed by atoms with E-state index in [0.717, 1.165) is 40.7 Å². The minimum absolute atomic E-state index is 0.439. The second-order valence-corrected chi connectivity index (χ2v) is 9.52. The third-order valence-electron chi connectivity index (χ3n) is 6.89. The Labute approximate surface area is 187 Å². The van der Waals surface area contributed by atoms with Crippen LogP contribution in [-0.2, 0) is 7.05 Å². The summed E-state index contributed by atoms with van der Waals surface area (Å²) >= 11 is 0. The van der Waals surface area contributed by atoms with Gasteiger partial charge in [-0.05, 0) is 96.3 Å². The first kappa shape index (κ1) is 21.8. The maximum atomic E-state index is 4.90. The molecule has 0 amide bonds. The lowest BCUT2D eigenvalue weighted by molar-refractivity contribution is 0.210. The van der Waals surface area contributed by atoms with E-state index in [1.165, 1.54) is 44.3 Å². The predicted octanol–water partition coefficient (Wildman–Crippen LogP) is 5.28. The predicted molar refractivity (Wildman–Crippen MR) is 131 cm³/mol. The monoisotopic (exact) mass is 419 g/mol. The number of pyridine rings is 1. The quantitative estimate of drug-likeness (QED) is 0.522. The summed E-state index contributed by atoms with van der Waals surface area (Å²) in [5, 5.41) is 0. The molecule has 0 N–H and O–H groups in total. The Bertz CT molecular complexity index is 997. The molecule has 1 saturated heterocycles. The number of rotatable bonds is 7. The van der Waals surface area contributed by atoms with E-state index in [0.29, 0.717) is 6.04 Å². The normalized spacial score (nSPS) is 15.8. The molecule has 0 unspecified atom stereocenters. The maximum Gasteiger partial charge on any atom is 0.142 e. The number of nitrogens with zero attached hydrogens (tertiary/aromatic N) is 5. The standard InChI is InChI=1S/C26H37N5/c1-19(2)31(15-7-9-21-13-16-29(4)17-14-21)24-12-11-22(18-27-24)26-28-25-20(3)8-6-10-23(25)30(26)5/h6,8,10-12,18-19,21H,7,9,13-17H2,1-5H3. The van der Waals surface area contributed by atoms with Crippen molar-refractivity contribution in [2.24, 2.45) is 13.0 Å². The van der Waals surface area contributed by atoms with Crippen LogP contribution in [0.2, 0.25) is 0 Å². The molecule has 3 aromatic rings. The smallest absolute Gasteiger partial charge is 0.142 e. The van der Waals surface area contributed by atoms with E-state index in [4.69, 9.17) is 9.97 Å². The molecule has 0 aliphatic carbocycles. The van der Waals surface area contributed by atoms with Crippen molar-refractivity contribution in [1.29, 1.82) is 0 Å². The Hall–Kier alpha value is -2.40. The van der Waals surface area contributed by atoms with Gasteiger partial charge < -0.3 is 14.4 Å². The van der Waals surface area contributed by atoms with Gasteiger partial charge in [0.25, 0.3) is 0 Å². The van der Waals surface area contributed by atoms with Gasteiger partial charge in [0, 0.05) is 31.4 Å². The number of para-hydroxylation sites is 1. The first-order valence-electron chi connectivity index (χ1n) is 11.8. The lowest BCUT2D eigenvalue weighted by Crippen LogP contribution is -2.33. The molecule has 1 fully saturated rings. The molecule has 31 heavy (non-hydrogen) atoms. The largest absolute Gasteiger partial charge is 0.354 e. The van der Waals surface area contributed by atoms with E-state index in [2.05, 4.69) is 79.6 Å². The lowest BCUT2D eigenvalue weighted by atomic mass is 9.92. The Kier molecular flexibility index (Phi) is 6.61. The van der Waals surface area contributed by atoms with Crippen molar-refractivity contribution in [3.8, 4) is 11.4 Å². The number of anilines is 1. The van der Waals surface area contributed by atoms with E-state index < -0.39 is 0 Å². The molecule has 2 aromatic heterocycles. The van der Waals surface area contributed by atoms with Crippen LogP contribution in [0, 0.1) is 12.8 Å². The fourth-order valence-electron chi connectivity index (χ4n) is 4.84. The van der Waals surface area contributed by atoms with Crippen LogP contribution < -0.4 is 4.90 Å². The van der Waals surface area contributed by atoms with Gasteiger partial charge in [-0.1, -0.05) is 12.1 Å². The van der Waals surface area contributed by atoms with Crippen molar-refractivity contribution >= 4 is 16.9 Å². The van der Waals surface area contributed by atoms with Gasteiger partial charge in [0.15, 0.2) is 0 Å². The molecule has 0 radical (unpaired) electrons. The fourth-order valence-corrected chi connectivity index (χ4v) is 4.84. The molecular weight excluding hydrogens is 382 g/mol. The summed E-state index contributed by atoms with van der Waals surface area (Å²) in [6.07, 6.45) is 7.25. The average molecular weight is 420 g/mol. The zero-order valence-electron chi connectivity index (χ0n) is 19.8. The number of aromatic nitrogens is 3. The Morgan fingerprint density at radius 1 is 1.10 bits per heavy atom. The zero-order chi connectivity index (χ0) is 22.0. The number of likely N-dealkylation sites (tertiary alicyclic amines) is 1. The number of imidazole rings is 1. The van der Waals surface area contributed by atoms with Crippen molar-refractivity contribution in [3.63, 3.8) is 0 Å². The SMILES string of the molecule is Cc1cccc2c1nc(-c1ccc(N(CCCC3CCN(C)CC3)C(C)C)nc1)n2C. The fraction of sp³-hybridized carbons (Fsp3) is 0.538. The topological polar surface area (TPSA) is 37.2 Å². The molecule has 166 valence electrons. The highest BCUT2D eigenvalue weighted by atomic mass is 15.2. The third kappa shape index (κ3) is 4.77. The molecule has 1 aliphatic heterocycles. The number of hydrogen-bond donors (Lipinski definition) is 0. The molecule has 3 heterocycles. The Balaban J connectivity index is 1.45. The molecule has 0 atom stereocenters. The third-order valence-corrected chi connectivity index (χ3v) is 6.89. The molecule has 0 bridgehead atoms. The number of piperidine rings is 1. The molecule has 0 spiro atoms. The number of aryl methyl sites for hydroxylation is 2. The Morgan fingerprint density at radius 3 is 2.52 bits per heavy atom. The molecule has 1 aliphatic rings. The van der Waals surface area contributed by atoms with Gasteiger partial charge in [-0.15, -0.1) is 0 Å². The summed E-state index contributed by atoms with van der Waals surface area (Å²) in [5.41, 5.74) is 4.51. The van der Waals surface area contributed by atoms with Crippen LogP contribution in [0.4, 0.5) is 5.82 Å². The number of hydrogen-bond acceptors (Lipinski definition) is 4. The second-order valence-electron chi connectivity index (χ2n) is 9.52. The zero-order valence-corrected chi connectivity index (χ0v) is 19.8. The van der Waals surface area contributed by atoms with Gasteiger partial charge in [0.05, 0.1) is 11.0 Å². The maximum absolute atomic E-state index is 4.90. The van der Waals surface area contributed by atoms with Crippen LogP contribution in [0.1, 0.15) is 45.1 Å². The minimum Gasteiger partial charge on any atom is -0.354 e. The first-order chi connectivity index (χ1) is 14.9.